The van der Waals surface area contributed by atoms with Gasteiger partial charge in [-0.05, 0) is 18.2 Å². The van der Waals surface area contributed by atoms with Gasteiger partial charge in [-0.25, -0.2) is 0 Å². The van der Waals surface area contributed by atoms with Crippen LogP contribution in [-0.2, 0) is 6.54 Å². The zero-order valence-corrected chi connectivity index (χ0v) is 13.0. The fourth-order valence-corrected chi connectivity index (χ4v) is 2.33. The highest BCUT2D eigenvalue weighted by Gasteiger charge is 2.12. The maximum Gasteiger partial charge on any atom is 0.162 e. The average molecular weight is 308 g/mol. The van der Waals surface area contributed by atoms with Crippen molar-refractivity contribution in [1.29, 1.82) is 0 Å². The molecule has 112 valence electrons. The maximum absolute atomic E-state index is 10.2. The number of phenols is 1. The molecule has 0 aliphatic rings. The summed E-state index contributed by atoms with van der Waals surface area (Å²) in [6.07, 6.45) is 0. The van der Waals surface area contributed by atoms with E-state index >= 15 is 0 Å². The standard InChI is InChI=1S/C16H18ClNO3/c1-18(13-5-4-6-14(9-13)20-2)10-11-7-12(17)8-15(21-3)16(11)19/h4-9,19H,10H2,1-3H3. The lowest BCUT2D eigenvalue weighted by molar-refractivity contribution is 0.370. The Kier molecular flexibility index (Phi) is 4.81. The molecule has 0 amide bonds. The molecule has 2 aromatic rings. The van der Waals surface area contributed by atoms with Crippen molar-refractivity contribution in [3.05, 3.63) is 47.0 Å². The molecule has 0 spiro atoms. The Morgan fingerprint density at radius 2 is 1.90 bits per heavy atom. The number of ether oxygens (including phenoxy) is 2. The second-order valence-electron chi connectivity index (χ2n) is 4.67. The van der Waals surface area contributed by atoms with Crippen LogP contribution in [0.2, 0.25) is 5.02 Å². The van der Waals surface area contributed by atoms with E-state index in [1.807, 2.05) is 36.2 Å². The molecule has 0 aliphatic carbocycles. The van der Waals surface area contributed by atoms with Crippen LogP contribution in [0.15, 0.2) is 36.4 Å². The minimum Gasteiger partial charge on any atom is -0.504 e. The third kappa shape index (κ3) is 3.52. The van der Waals surface area contributed by atoms with E-state index in [-0.39, 0.29) is 5.75 Å². The second kappa shape index (κ2) is 6.59. The van der Waals surface area contributed by atoms with Gasteiger partial charge >= 0.3 is 0 Å². The lowest BCUT2D eigenvalue weighted by atomic mass is 10.1. The molecule has 0 saturated heterocycles. The van der Waals surface area contributed by atoms with Gasteiger partial charge < -0.3 is 19.5 Å². The van der Waals surface area contributed by atoms with Crippen molar-refractivity contribution in [3.63, 3.8) is 0 Å². The summed E-state index contributed by atoms with van der Waals surface area (Å²) in [5.74, 6) is 1.26. The molecule has 0 saturated carbocycles. The molecule has 0 atom stereocenters. The van der Waals surface area contributed by atoms with Gasteiger partial charge in [-0.1, -0.05) is 17.7 Å². The van der Waals surface area contributed by atoms with Crippen molar-refractivity contribution in [2.24, 2.45) is 0 Å². The van der Waals surface area contributed by atoms with E-state index in [4.69, 9.17) is 21.1 Å². The molecule has 0 fully saturated rings. The molecule has 4 nitrogen and oxygen atoms in total. The largest absolute Gasteiger partial charge is 0.504 e. The zero-order chi connectivity index (χ0) is 15.4. The molecule has 2 aromatic carbocycles. The molecule has 0 bridgehead atoms. The van der Waals surface area contributed by atoms with E-state index in [0.29, 0.717) is 22.9 Å². The SMILES string of the molecule is COc1cccc(N(C)Cc2cc(Cl)cc(OC)c2O)c1. The Morgan fingerprint density at radius 1 is 1.14 bits per heavy atom. The molecular weight excluding hydrogens is 290 g/mol. The summed E-state index contributed by atoms with van der Waals surface area (Å²) >= 11 is 6.05. The molecule has 0 aliphatic heterocycles. The van der Waals surface area contributed by atoms with Crippen LogP contribution < -0.4 is 14.4 Å². The van der Waals surface area contributed by atoms with Gasteiger partial charge in [-0.2, -0.15) is 0 Å². The lowest BCUT2D eigenvalue weighted by Crippen LogP contribution is -2.16. The van der Waals surface area contributed by atoms with E-state index in [9.17, 15) is 5.11 Å². The fourth-order valence-electron chi connectivity index (χ4n) is 2.10. The van der Waals surface area contributed by atoms with Crippen LogP contribution in [0.4, 0.5) is 5.69 Å². The number of hydrogen-bond acceptors (Lipinski definition) is 4. The number of halogens is 1. The van der Waals surface area contributed by atoms with Crippen molar-refractivity contribution < 1.29 is 14.6 Å². The van der Waals surface area contributed by atoms with Crippen LogP contribution in [0.1, 0.15) is 5.56 Å². The Hall–Kier alpha value is -2.07. The van der Waals surface area contributed by atoms with Crippen LogP contribution in [-0.4, -0.2) is 26.4 Å². The van der Waals surface area contributed by atoms with E-state index in [1.165, 1.54) is 7.11 Å². The first-order valence-corrected chi connectivity index (χ1v) is 6.83. The van der Waals surface area contributed by atoms with E-state index in [0.717, 1.165) is 11.4 Å². The molecule has 0 aromatic heterocycles. The van der Waals surface area contributed by atoms with Crippen molar-refractivity contribution in [1.82, 2.24) is 0 Å². The molecule has 21 heavy (non-hydrogen) atoms. The Balaban J connectivity index is 2.26. The fraction of sp³-hybridized carbons (Fsp3) is 0.250. The summed E-state index contributed by atoms with van der Waals surface area (Å²) in [4.78, 5) is 1.99. The molecule has 1 N–H and O–H groups in total. The number of anilines is 1. The predicted octanol–water partition coefficient (Wildman–Crippen LogP) is 3.70. The monoisotopic (exact) mass is 307 g/mol. The smallest absolute Gasteiger partial charge is 0.162 e. The molecule has 0 radical (unpaired) electrons. The minimum absolute atomic E-state index is 0.108. The van der Waals surface area contributed by atoms with Gasteiger partial charge in [0.1, 0.15) is 5.75 Å². The second-order valence-corrected chi connectivity index (χ2v) is 5.11. The maximum atomic E-state index is 10.2. The minimum atomic E-state index is 0.108. The van der Waals surface area contributed by atoms with Gasteiger partial charge in [0, 0.05) is 42.0 Å². The number of nitrogens with zero attached hydrogens (tertiary/aromatic N) is 1. The summed E-state index contributed by atoms with van der Waals surface area (Å²) in [6.45, 7) is 0.496. The normalized spacial score (nSPS) is 10.3. The summed E-state index contributed by atoms with van der Waals surface area (Å²) in [6, 6.07) is 11.0. The van der Waals surface area contributed by atoms with Gasteiger partial charge in [-0.15, -0.1) is 0 Å². The summed E-state index contributed by atoms with van der Waals surface area (Å²) < 4.78 is 10.3. The van der Waals surface area contributed by atoms with E-state index < -0.39 is 0 Å². The molecular formula is C16H18ClNO3. The highest BCUT2D eigenvalue weighted by atomic mass is 35.5. The van der Waals surface area contributed by atoms with Crippen LogP contribution >= 0.6 is 11.6 Å². The van der Waals surface area contributed by atoms with Crippen LogP contribution in [0, 0.1) is 0 Å². The van der Waals surface area contributed by atoms with E-state index in [1.54, 1.807) is 19.2 Å². The Morgan fingerprint density at radius 3 is 2.57 bits per heavy atom. The van der Waals surface area contributed by atoms with Gasteiger partial charge in [0.15, 0.2) is 11.5 Å². The first kappa shape index (κ1) is 15.3. The van der Waals surface area contributed by atoms with Crippen molar-refractivity contribution in [2.45, 2.75) is 6.54 Å². The third-order valence-corrected chi connectivity index (χ3v) is 3.46. The summed E-state index contributed by atoms with van der Waals surface area (Å²) in [5, 5.41) is 10.7. The number of benzene rings is 2. The first-order chi connectivity index (χ1) is 10.0. The quantitative estimate of drug-likeness (QED) is 0.914. The van der Waals surface area contributed by atoms with Crippen molar-refractivity contribution in [2.75, 3.05) is 26.2 Å². The van der Waals surface area contributed by atoms with Crippen molar-refractivity contribution in [3.8, 4) is 17.2 Å². The molecule has 2 rings (SSSR count). The number of aromatic hydroxyl groups is 1. The van der Waals surface area contributed by atoms with Gasteiger partial charge in [-0.3, -0.25) is 0 Å². The molecule has 5 heteroatoms. The van der Waals surface area contributed by atoms with E-state index in [2.05, 4.69) is 0 Å². The van der Waals surface area contributed by atoms with Gasteiger partial charge in [0.25, 0.3) is 0 Å². The van der Waals surface area contributed by atoms with Crippen LogP contribution in [0.5, 0.6) is 17.2 Å². The summed E-state index contributed by atoms with van der Waals surface area (Å²) in [5.41, 5.74) is 1.68. The number of phenolic OH excluding ortho intramolecular Hbond substituents is 1. The first-order valence-electron chi connectivity index (χ1n) is 6.45. The predicted molar refractivity (Wildman–Crippen MR) is 84.8 cm³/mol. The third-order valence-electron chi connectivity index (χ3n) is 3.24. The number of hydrogen-bond donors (Lipinski definition) is 1. The average Bonchev–Trinajstić information content (AvgIpc) is 2.50. The van der Waals surface area contributed by atoms with Gasteiger partial charge in [0.2, 0.25) is 0 Å². The van der Waals surface area contributed by atoms with Crippen molar-refractivity contribution >= 4 is 17.3 Å². The molecule has 0 unspecified atom stereocenters. The topological polar surface area (TPSA) is 41.9 Å². The van der Waals surface area contributed by atoms with Gasteiger partial charge in [0.05, 0.1) is 14.2 Å². The summed E-state index contributed by atoms with van der Waals surface area (Å²) in [7, 11) is 5.06. The lowest BCUT2D eigenvalue weighted by Gasteiger charge is -2.21. The highest BCUT2D eigenvalue weighted by molar-refractivity contribution is 6.30. The highest BCUT2D eigenvalue weighted by Crippen LogP contribution is 2.34. The molecule has 0 heterocycles. The van der Waals surface area contributed by atoms with Crippen LogP contribution in [0.3, 0.4) is 0 Å². The Labute approximate surface area is 129 Å². The van der Waals surface area contributed by atoms with Crippen LogP contribution in [0.25, 0.3) is 0 Å². The number of methoxy groups -OCH3 is 2. The number of rotatable bonds is 5. The Bertz CT molecular complexity index is 631. The zero-order valence-electron chi connectivity index (χ0n) is 12.3.